The Labute approximate surface area is 107 Å². The number of anilines is 1. The Morgan fingerprint density at radius 3 is 2.94 bits per heavy atom. The number of hydrogen-bond donors (Lipinski definition) is 0. The van der Waals surface area contributed by atoms with Crippen LogP contribution in [0.3, 0.4) is 0 Å². The fourth-order valence-electron chi connectivity index (χ4n) is 2.48. The summed E-state index contributed by atoms with van der Waals surface area (Å²) in [6.07, 6.45) is 1.69. The minimum Gasteiger partial charge on any atom is -0.379 e. The van der Waals surface area contributed by atoms with Gasteiger partial charge in [0.2, 0.25) is 0 Å². The van der Waals surface area contributed by atoms with Crippen LogP contribution in [0.1, 0.15) is 23.7 Å². The first-order valence-electron chi connectivity index (χ1n) is 6.18. The van der Waals surface area contributed by atoms with E-state index in [-0.39, 0.29) is 11.7 Å². The molecular formula is C14H18FNO2. The summed E-state index contributed by atoms with van der Waals surface area (Å²) in [5.74, 6) is 0.0228. The molecular weight excluding hydrogens is 233 g/mol. The maximum atomic E-state index is 13.6. The lowest BCUT2D eigenvalue weighted by molar-refractivity contribution is 0.0498. The molecule has 0 spiro atoms. The third-order valence-electron chi connectivity index (χ3n) is 3.68. The van der Waals surface area contributed by atoms with E-state index in [0.717, 1.165) is 13.0 Å². The van der Waals surface area contributed by atoms with E-state index in [4.69, 9.17) is 4.74 Å². The van der Waals surface area contributed by atoms with E-state index in [9.17, 15) is 9.18 Å². The lowest BCUT2D eigenvalue weighted by Gasteiger charge is -2.38. The van der Waals surface area contributed by atoms with E-state index in [1.165, 1.54) is 6.07 Å². The number of methoxy groups -OCH3 is 1. The summed E-state index contributed by atoms with van der Waals surface area (Å²) in [4.78, 5) is 13.0. The average molecular weight is 251 g/mol. The Morgan fingerprint density at radius 1 is 1.50 bits per heavy atom. The Bertz CT molecular complexity index is 436. The SMILES string of the molecule is COC1CN(c2cccc(F)c2C=O)CCC1C. The van der Waals surface area contributed by atoms with Gasteiger partial charge in [0.1, 0.15) is 5.82 Å². The summed E-state index contributed by atoms with van der Waals surface area (Å²) in [7, 11) is 1.69. The minimum atomic E-state index is -0.463. The highest BCUT2D eigenvalue weighted by molar-refractivity contribution is 5.85. The van der Waals surface area contributed by atoms with Crippen LogP contribution >= 0.6 is 0 Å². The lowest BCUT2D eigenvalue weighted by atomic mass is 9.95. The topological polar surface area (TPSA) is 29.5 Å². The molecule has 1 aliphatic heterocycles. The van der Waals surface area contributed by atoms with Crippen molar-refractivity contribution in [1.82, 2.24) is 0 Å². The molecule has 0 aliphatic carbocycles. The van der Waals surface area contributed by atoms with Gasteiger partial charge in [-0.3, -0.25) is 4.79 Å². The van der Waals surface area contributed by atoms with E-state index < -0.39 is 5.82 Å². The van der Waals surface area contributed by atoms with Crippen molar-refractivity contribution in [2.75, 3.05) is 25.1 Å². The van der Waals surface area contributed by atoms with Crippen molar-refractivity contribution in [1.29, 1.82) is 0 Å². The highest BCUT2D eigenvalue weighted by Crippen LogP contribution is 2.28. The van der Waals surface area contributed by atoms with Crippen LogP contribution in [0.2, 0.25) is 0 Å². The van der Waals surface area contributed by atoms with Crippen LogP contribution in [0.4, 0.5) is 10.1 Å². The fraction of sp³-hybridized carbons (Fsp3) is 0.500. The van der Waals surface area contributed by atoms with E-state index in [1.54, 1.807) is 19.2 Å². The second-order valence-corrected chi connectivity index (χ2v) is 4.78. The molecule has 1 fully saturated rings. The number of ether oxygens (including phenoxy) is 1. The van der Waals surface area contributed by atoms with E-state index in [2.05, 4.69) is 6.92 Å². The van der Waals surface area contributed by atoms with Gasteiger partial charge >= 0.3 is 0 Å². The zero-order chi connectivity index (χ0) is 13.1. The molecule has 2 unspecified atom stereocenters. The molecule has 2 rings (SSSR count). The van der Waals surface area contributed by atoms with Gasteiger partial charge in [-0.1, -0.05) is 13.0 Å². The number of halogens is 1. The van der Waals surface area contributed by atoms with Crippen molar-refractivity contribution in [3.05, 3.63) is 29.6 Å². The zero-order valence-electron chi connectivity index (χ0n) is 10.7. The maximum Gasteiger partial charge on any atom is 0.155 e. The zero-order valence-corrected chi connectivity index (χ0v) is 10.7. The molecule has 1 aromatic rings. The molecule has 0 aromatic heterocycles. The smallest absolute Gasteiger partial charge is 0.155 e. The Hall–Kier alpha value is -1.42. The molecule has 0 N–H and O–H groups in total. The summed E-state index contributed by atoms with van der Waals surface area (Å²) in [5, 5.41) is 0. The standard InChI is InChI=1S/C14H18FNO2/c1-10-6-7-16(8-14(10)18-2)13-5-3-4-12(15)11(13)9-17/h3-5,9-10,14H,6-8H2,1-2H3. The number of carbonyl (C=O) groups is 1. The van der Waals surface area contributed by atoms with Gasteiger partial charge < -0.3 is 9.64 Å². The number of nitrogens with zero attached hydrogens (tertiary/aromatic N) is 1. The highest BCUT2D eigenvalue weighted by atomic mass is 19.1. The first kappa shape index (κ1) is 13.0. The molecule has 1 aromatic carbocycles. The molecule has 0 amide bonds. The van der Waals surface area contributed by atoms with E-state index >= 15 is 0 Å². The van der Waals surface area contributed by atoms with Gasteiger partial charge in [-0.05, 0) is 24.5 Å². The summed E-state index contributed by atoms with van der Waals surface area (Å²) < 4.78 is 19.0. The quantitative estimate of drug-likeness (QED) is 0.773. The van der Waals surface area contributed by atoms with Gasteiger partial charge in [-0.25, -0.2) is 4.39 Å². The molecule has 1 heterocycles. The molecule has 2 atom stereocenters. The molecule has 1 aliphatic rings. The van der Waals surface area contributed by atoms with Gasteiger partial charge in [0, 0.05) is 20.2 Å². The molecule has 0 saturated carbocycles. The van der Waals surface area contributed by atoms with Gasteiger partial charge in [-0.2, -0.15) is 0 Å². The van der Waals surface area contributed by atoms with Crippen LogP contribution in [0.5, 0.6) is 0 Å². The van der Waals surface area contributed by atoms with Crippen LogP contribution in [0.25, 0.3) is 0 Å². The van der Waals surface area contributed by atoms with Gasteiger partial charge in [0.25, 0.3) is 0 Å². The summed E-state index contributed by atoms with van der Waals surface area (Å²) >= 11 is 0. The van der Waals surface area contributed by atoms with Crippen molar-refractivity contribution in [2.24, 2.45) is 5.92 Å². The normalized spacial score (nSPS) is 24.1. The third-order valence-corrected chi connectivity index (χ3v) is 3.68. The molecule has 0 radical (unpaired) electrons. The third kappa shape index (κ3) is 2.38. The van der Waals surface area contributed by atoms with Gasteiger partial charge in [0.05, 0.1) is 17.4 Å². The number of hydrogen-bond acceptors (Lipinski definition) is 3. The summed E-state index contributed by atoms with van der Waals surface area (Å²) in [5.41, 5.74) is 0.806. The second-order valence-electron chi connectivity index (χ2n) is 4.78. The summed E-state index contributed by atoms with van der Waals surface area (Å²) in [6.45, 7) is 3.67. The predicted molar refractivity (Wildman–Crippen MR) is 68.6 cm³/mol. The molecule has 0 bridgehead atoms. The lowest BCUT2D eigenvalue weighted by Crippen LogP contribution is -2.44. The predicted octanol–water partition coefficient (Wildman–Crippen LogP) is 2.50. The largest absolute Gasteiger partial charge is 0.379 e. The van der Waals surface area contributed by atoms with E-state index in [0.29, 0.717) is 24.4 Å². The van der Waals surface area contributed by atoms with Gasteiger partial charge in [0.15, 0.2) is 6.29 Å². The number of rotatable bonds is 3. The van der Waals surface area contributed by atoms with Crippen molar-refractivity contribution in [3.8, 4) is 0 Å². The van der Waals surface area contributed by atoms with E-state index in [1.807, 2.05) is 4.90 Å². The highest BCUT2D eigenvalue weighted by Gasteiger charge is 2.27. The Kier molecular flexibility index (Phi) is 3.97. The maximum absolute atomic E-state index is 13.6. The van der Waals surface area contributed by atoms with Crippen molar-refractivity contribution in [2.45, 2.75) is 19.4 Å². The number of carbonyl (C=O) groups excluding carboxylic acids is 1. The van der Waals surface area contributed by atoms with Gasteiger partial charge in [-0.15, -0.1) is 0 Å². The number of aldehydes is 1. The number of benzene rings is 1. The Balaban J connectivity index is 2.27. The van der Waals surface area contributed by atoms with Crippen LogP contribution < -0.4 is 4.90 Å². The molecule has 4 heteroatoms. The second kappa shape index (κ2) is 5.48. The van der Waals surface area contributed by atoms with Crippen LogP contribution in [0.15, 0.2) is 18.2 Å². The van der Waals surface area contributed by atoms with Crippen LogP contribution in [-0.4, -0.2) is 32.6 Å². The Morgan fingerprint density at radius 2 is 2.28 bits per heavy atom. The molecule has 18 heavy (non-hydrogen) atoms. The first-order chi connectivity index (χ1) is 8.67. The first-order valence-corrected chi connectivity index (χ1v) is 6.18. The molecule has 3 nitrogen and oxygen atoms in total. The molecule has 1 saturated heterocycles. The van der Waals surface area contributed by atoms with Crippen LogP contribution in [0, 0.1) is 11.7 Å². The fourth-order valence-corrected chi connectivity index (χ4v) is 2.48. The van der Waals surface area contributed by atoms with Crippen molar-refractivity contribution < 1.29 is 13.9 Å². The molecule has 98 valence electrons. The minimum absolute atomic E-state index is 0.126. The van der Waals surface area contributed by atoms with Crippen LogP contribution in [-0.2, 0) is 4.74 Å². The monoisotopic (exact) mass is 251 g/mol. The van der Waals surface area contributed by atoms with Crippen molar-refractivity contribution >= 4 is 12.0 Å². The average Bonchev–Trinajstić information content (AvgIpc) is 2.39. The number of piperidine rings is 1. The summed E-state index contributed by atoms with van der Waals surface area (Å²) in [6, 6.07) is 4.74. The van der Waals surface area contributed by atoms with Crippen molar-refractivity contribution in [3.63, 3.8) is 0 Å².